The fraction of sp³-hybridized carbons (Fsp3) is 0.0612. The normalized spacial score (nSPS) is 12.5. The van der Waals surface area contributed by atoms with E-state index in [1.165, 1.54) is 0 Å². The number of hydrogen-bond donors (Lipinski definition) is 0. The zero-order valence-corrected chi connectivity index (χ0v) is 29.9. The van der Waals surface area contributed by atoms with E-state index in [9.17, 15) is 5.26 Å². The third-order valence-electron chi connectivity index (χ3n) is 9.97. The minimum absolute atomic E-state index is 0.510. The summed E-state index contributed by atoms with van der Waals surface area (Å²) in [5, 5.41) is 9.67. The van der Waals surface area contributed by atoms with E-state index in [0.717, 1.165) is 66.8 Å². The topological polar surface area (TPSA) is 71.7 Å². The van der Waals surface area contributed by atoms with Gasteiger partial charge < -0.3 is 4.74 Å². The molecule has 0 N–H and O–H groups in total. The van der Waals surface area contributed by atoms with E-state index in [2.05, 4.69) is 103 Å². The Balaban J connectivity index is 1.28. The molecule has 0 bridgehead atoms. The predicted octanol–water partition coefficient (Wildman–Crippen LogP) is 12.0. The van der Waals surface area contributed by atoms with Gasteiger partial charge in [-0.1, -0.05) is 127 Å². The second-order valence-corrected chi connectivity index (χ2v) is 14.0. The summed E-state index contributed by atoms with van der Waals surface area (Å²) in [6, 6.07) is 60.2. The van der Waals surface area contributed by atoms with E-state index >= 15 is 0 Å². The van der Waals surface area contributed by atoms with E-state index in [-0.39, 0.29) is 0 Å². The minimum Gasteiger partial charge on any atom is -0.482 e. The Morgan fingerprint density at radius 1 is 0.426 bits per heavy atom. The average molecular weight is 695 g/mol. The minimum atomic E-state index is -0.706. The van der Waals surface area contributed by atoms with Crippen LogP contribution in [0, 0.1) is 11.3 Å². The monoisotopic (exact) mass is 694 g/mol. The molecule has 256 valence electrons. The Morgan fingerprint density at radius 3 is 1.54 bits per heavy atom. The molecule has 0 atom stereocenters. The first kappa shape index (κ1) is 32.7. The number of rotatable bonds is 6. The molecule has 0 radical (unpaired) electrons. The molecule has 0 fully saturated rings. The van der Waals surface area contributed by atoms with Crippen LogP contribution in [0.5, 0.6) is 5.75 Å². The maximum Gasteiger partial charge on any atom is 0.167 e. The van der Waals surface area contributed by atoms with E-state index in [0.29, 0.717) is 28.8 Å². The summed E-state index contributed by atoms with van der Waals surface area (Å²) in [4.78, 5) is 15.6. The second kappa shape index (κ2) is 13.4. The lowest BCUT2D eigenvalue weighted by Crippen LogP contribution is -2.29. The van der Waals surface area contributed by atoms with Crippen molar-refractivity contribution in [1.29, 1.82) is 5.26 Å². The molecule has 0 saturated heterocycles. The van der Waals surface area contributed by atoms with Crippen molar-refractivity contribution in [2.75, 3.05) is 0 Å². The highest BCUT2D eigenvalue weighted by Crippen LogP contribution is 2.49. The molecule has 0 saturated carbocycles. The molecule has 8 aromatic rings. The van der Waals surface area contributed by atoms with E-state index in [1.54, 1.807) is 0 Å². The van der Waals surface area contributed by atoms with E-state index < -0.39 is 5.60 Å². The number of ether oxygens (including phenoxy) is 1. The molecule has 1 aliphatic rings. The first-order valence-electron chi connectivity index (χ1n) is 18.0. The van der Waals surface area contributed by atoms with E-state index in [4.69, 9.17) is 19.7 Å². The molecule has 54 heavy (non-hydrogen) atoms. The first-order valence-corrected chi connectivity index (χ1v) is 18.0. The van der Waals surface area contributed by atoms with Gasteiger partial charge in [0, 0.05) is 22.3 Å². The van der Waals surface area contributed by atoms with Gasteiger partial charge in [-0.05, 0) is 95.3 Å². The lowest BCUT2D eigenvalue weighted by Gasteiger charge is -2.36. The van der Waals surface area contributed by atoms with Crippen LogP contribution >= 0.6 is 0 Å². The summed E-state index contributed by atoms with van der Waals surface area (Å²) in [5.41, 5.74) is 11.9. The van der Waals surface area contributed by atoms with Crippen molar-refractivity contribution in [2.45, 2.75) is 19.4 Å². The largest absolute Gasteiger partial charge is 0.482 e. The van der Waals surface area contributed by atoms with Crippen LogP contribution < -0.4 is 4.74 Å². The third kappa shape index (κ3) is 6.10. The summed E-state index contributed by atoms with van der Waals surface area (Å²) in [6.07, 6.45) is 0. The van der Waals surface area contributed by atoms with Gasteiger partial charge >= 0.3 is 0 Å². The van der Waals surface area contributed by atoms with Crippen LogP contribution in [-0.2, 0) is 5.60 Å². The highest BCUT2D eigenvalue weighted by Gasteiger charge is 2.35. The Hall–Kier alpha value is -7.16. The summed E-state index contributed by atoms with van der Waals surface area (Å²) in [6.45, 7) is 4.07. The van der Waals surface area contributed by atoms with Gasteiger partial charge in [-0.3, -0.25) is 0 Å². The smallest absolute Gasteiger partial charge is 0.167 e. The molecule has 2 heterocycles. The van der Waals surface area contributed by atoms with Gasteiger partial charge in [0.25, 0.3) is 0 Å². The van der Waals surface area contributed by atoms with Crippen molar-refractivity contribution in [3.05, 3.63) is 181 Å². The number of nitrogens with zero attached hydrogens (tertiary/aromatic N) is 4. The molecule has 0 aliphatic carbocycles. The van der Waals surface area contributed by atoms with Gasteiger partial charge in [0.15, 0.2) is 17.5 Å². The summed E-state index contributed by atoms with van der Waals surface area (Å²) >= 11 is 0. The molecule has 1 aliphatic heterocycles. The summed E-state index contributed by atoms with van der Waals surface area (Å²) in [7, 11) is 0. The zero-order valence-electron chi connectivity index (χ0n) is 29.9. The van der Waals surface area contributed by atoms with Crippen LogP contribution in [-0.4, -0.2) is 15.0 Å². The van der Waals surface area contributed by atoms with Gasteiger partial charge in [0.1, 0.15) is 11.4 Å². The molecule has 1 aromatic heterocycles. The van der Waals surface area contributed by atoms with Crippen molar-refractivity contribution in [2.24, 2.45) is 0 Å². The van der Waals surface area contributed by atoms with Crippen molar-refractivity contribution in [3.63, 3.8) is 0 Å². The predicted molar refractivity (Wildman–Crippen MR) is 216 cm³/mol. The van der Waals surface area contributed by atoms with E-state index in [1.807, 2.05) is 86.6 Å². The summed E-state index contributed by atoms with van der Waals surface area (Å²) < 4.78 is 6.84. The molecule has 5 nitrogen and oxygen atoms in total. The molecular weight excluding hydrogens is 661 g/mol. The fourth-order valence-corrected chi connectivity index (χ4v) is 7.27. The van der Waals surface area contributed by atoms with Crippen LogP contribution in [0.2, 0.25) is 0 Å². The van der Waals surface area contributed by atoms with Gasteiger partial charge in [-0.15, -0.1) is 0 Å². The van der Waals surface area contributed by atoms with Crippen molar-refractivity contribution >= 4 is 0 Å². The van der Waals surface area contributed by atoms with Crippen LogP contribution in [0.1, 0.15) is 25.0 Å². The number of para-hydroxylation sites is 1. The number of benzene rings is 7. The average Bonchev–Trinajstić information content (AvgIpc) is 3.24. The molecule has 7 aromatic carbocycles. The van der Waals surface area contributed by atoms with Crippen molar-refractivity contribution in [1.82, 2.24) is 15.0 Å². The lowest BCUT2D eigenvalue weighted by atomic mass is 9.84. The lowest BCUT2D eigenvalue weighted by molar-refractivity contribution is 0.106. The first-order chi connectivity index (χ1) is 26.4. The SMILES string of the molecule is CC1(C)Oc2c(-c3nc(-c4cccc(-c5ccccc5)c4)nc(-c4cc(-c5ccccc5)cc(-c5ccccc5)c4)n3)cccc2-c2ccc(C#N)cc21. The van der Waals surface area contributed by atoms with Crippen molar-refractivity contribution < 1.29 is 4.74 Å². The van der Waals surface area contributed by atoms with Crippen molar-refractivity contribution in [3.8, 4) is 90.5 Å². The Kier molecular flexibility index (Phi) is 8.14. The standard InChI is InChI=1S/C49H34N4O/c1-49(2)44-26-32(31-50)24-25-41(44)42-22-13-23-43(45(42)54-49)48-52-46(37-21-12-20-36(27-37)33-14-6-3-7-15-33)51-47(53-48)40-29-38(34-16-8-4-9-17-34)28-39(30-40)35-18-10-5-11-19-35/h3-30H,1-2H3. The molecule has 9 rings (SSSR count). The van der Waals surface area contributed by atoms with Gasteiger partial charge in [-0.2, -0.15) is 5.26 Å². The maximum atomic E-state index is 9.67. The summed E-state index contributed by atoms with van der Waals surface area (Å²) in [5.74, 6) is 2.33. The van der Waals surface area contributed by atoms with Crippen LogP contribution in [0.4, 0.5) is 0 Å². The third-order valence-corrected chi connectivity index (χ3v) is 9.97. The van der Waals surface area contributed by atoms with Gasteiger partial charge in [0.2, 0.25) is 0 Å². The maximum absolute atomic E-state index is 9.67. The fourth-order valence-electron chi connectivity index (χ4n) is 7.27. The Labute approximate surface area is 314 Å². The number of fused-ring (bicyclic) bond motifs is 3. The Morgan fingerprint density at radius 2 is 0.907 bits per heavy atom. The Bertz CT molecular complexity index is 2660. The molecule has 0 amide bonds. The number of nitriles is 1. The van der Waals surface area contributed by atoms with Gasteiger partial charge in [0.05, 0.1) is 17.2 Å². The molecule has 0 spiro atoms. The van der Waals surface area contributed by atoms with Crippen LogP contribution in [0.25, 0.3) is 78.7 Å². The van der Waals surface area contributed by atoms with Gasteiger partial charge in [-0.25, -0.2) is 15.0 Å². The highest BCUT2D eigenvalue weighted by atomic mass is 16.5. The molecular formula is C49H34N4O. The highest BCUT2D eigenvalue weighted by molar-refractivity contribution is 5.86. The molecule has 5 heteroatoms. The van der Waals surface area contributed by atoms with Crippen LogP contribution in [0.3, 0.4) is 0 Å². The molecule has 0 unspecified atom stereocenters. The quantitative estimate of drug-likeness (QED) is 0.173. The number of hydrogen-bond acceptors (Lipinski definition) is 5. The number of aromatic nitrogens is 3. The van der Waals surface area contributed by atoms with Crippen LogP contribution in [0.15, 0.2) is 170 Å². The second-order valence-electron chi connectivity index (χ2n) is 14.0. The zero-order chi connectivity index (χ0) is 36.6.